The number of carbonyl (C=O) groups excluding carboxylic acids is 1. The van der Waals surface area contributed by atoms with Gasteiger partial charge in [0.2, 0.25) is 0 Å². The molecule has 1 aromatic rings. The van der Waals surface area contributed by atoms with E-state index in [0.29, 0.717) is 5.03 Å². The molecule has 0 saturated carbocycles. The van der Waals surface area contributed by atoms with Crippen LogP contribution in [-0.2, 0) is 4.79 Å². The van der Waals surface area contributed by atoms with Gasteiger partial charge in [-0.1, -0.05) is 55.8 Å². The molecule has 14 heavy (non-hydrogen) atoms. The van der Waals surface area contributed by atoms with Crippen molar-refractivity contribution in [2.24, 2.45) is 5.92 Å². The molecule has 0 aliphatic heterocycles. The smallest absolute Gasteiger partial charge is 0.159 e. The lowest BCUT2D eigenvalue weighted by molar-refractivity contribution is -0.117. The number of carbonyl (C=O) groups is 1. The quantitative estimate of drug-likeness (QED) is 0.695. The van der Waals surface area contributed by atoms with Gasteiger partial charge in [0.1, 0.15) is 0 Å². The van der Waals surface area contributed by atoms with Crippen LogP contribution in [0, 0.1) is 5.92 Å². The lowest BCUT2D eigenvalue weighted by Gasteiger charge is -2.00. The van der Waals surface area contributed by atoms with E-state index in [1.54, 1.807) is 0 Å². The van der Waals surface area contributed by atoms with E-state index < -0.39 is 0 Å². The summed E-state index contributed by atoms with van der Waals surface area (Å²) in [4.78, 5) is 11.4. The van der Waals surface area contributed by atoms with Crippen molar-refractivity contribution in [1.82, 2.24) is 0 Å². The fraction of sp³-hybridized carbons (Fsp3) is 0.250. The summed E-state index contributed by atoms with van der Waals surface area (Å²) in [5, 5.41) is 0.504. The van der Waals surface area contributed by atoms with E-state index in [1.807, 2.05) is 44.2 Å². The zero-order valence-electron chi connectivity index (χ0n) is 8.33. The molecule has 74 valence electrons. The maximum atomic E-state index is 11.4. The molecule has 0 amide bonds. The van der Waals surface area contributed by atoms with Gasteiger partial charge in [0, 0.05) is 12.0 Å². The van der Waals surface area contributed by atoms with Gasteiger partial charge in [-0.05, 0) is 5.56 Å². The molecule has 0 unspecified atom stereocenters. The lowest BCUT2D eigenvalue weighted by atomic mass is 10.1. The highest BCUT2D eigenvalue weighted by Gasteiger charge is 2.05. The molecule has 0 radical (unpaired) electrons. The molecule has 0 aromatic heterocycles. The first-order chi connectivity index (χ1) is 6.61. The molecule has 0 N–H and O–H groups in total. The summed E-state index contributed by atoms with van der Waals surface area (Å²) >= 11 is 5.99. The molecule has 0 atom stereocenters. The molecule has 0 bridgehead atoms. The summed E-state index contributed by atoms with van der Waals surface area (Å²) in [6.45, 7) is 3.71. The zero-order chi connectivity index (χ0) is 10.6. The van der Waals surface area contributed by atoms with E-state index in [-0.39, 0.29) is 11.7 Å². The van der Waals surface area contributed by atoms with Crippen molar-refractivity contribution >= 4 is 22.4 Å². The van der Waals surface area contributed by atoms with Crippen LogP contribution in [0.1, 0.15) is 19.4 Å². The topological polar surface area (TPSA) is 17.1 Å². The summed E-state index contributed by atoms with van der Waals surface area (Å²) in [6.07, 6.45) is 1.49. The molecule has 1 nitrogen and oxygen atoms in total. The Bertz CT molecular complexity index is 339. The number of allylic oxidation sites excluding steroid dienone is 1. The van der Waals surface area contributed by atoms with Gasteiger partial charge in [-0.25, -0.2) is 0 Å². The van der Waals surface area contributed by atoms with Crippen molar-refractivity contribution in [3.63, 3.8) is 0 Å². The molecule has 0 heterocycles. The van der Waals surface area contributed by atoms with Crippen molar-refractivity contribution < 1.29 is 4.79 Å². The highest BCUT2D eigenvalue weighted by atomic mass is 35.5. The molecule has 0 saturated heterocycles. The van der Waals surface area contributed by atoms with Gasteiger partial charge in [-0.2, -0.15) is 0 Å². The van der Waals surface area contributed by atoms with Crippen molar-refractivity contribution in [3.8, 4) is 0 Å². The Balaban J connectivity index is 2.85. The van der Waals surface area contributed by atoms with Gasteiger partial charge >= 0.3 is 0 Å². The minimum atomic E-state index is -0.00698. The molecule has 0 aliphatic carbocycles. The third kappa shape index (κ3) is 3.00. The number of hydrogen-bond donors (Lipinski definition) is 0. The van der Waals surface area contributed by atoms with Crippen LogP contribution in [0.3, 0.4) is 0 Å². The van der Waals surface area contributed by atoms with Crippen molar-refractivity contribution in [2.45, 2.75) is 13.8 Å². The monoisotopic (exact) mass is 208 g/mol. The average Bonchev–Trinajstić information content (AvgIpc) is 2.19. The maximum absolute atomic E-state index is 11.4. The molecular formula is C12H13ClO. The van der Waals surface area contributed by atoms with E-state index in [4.69, 9.17) is 11.6 Å². The second kappa shape index (κ2) is 4.97. The summed E-state index contributed by atoms with van der Waals surface area (Å²) in [6, 6.07) is 9.47. The number of halogens is 1. The largest absolute Gasteiger partial charge is 0.295 e. The van der Waals surface area contributed by atoms with Gasteiger partial charge in [0.15, 0.2) is 5.78 Å². The van der Waals surface area contributed by atoms with Crippen LogP contribution in [0.15, 0.2) is 36.4 Å². The third-order valence-corrected chi connectivity index (χ3v) is 2.21. The second-order valence-corrected chi connectivity index (χ2v) is 3.82. The van der Waals surface area contributed by atoms with Gasteiger partial charge in [0.05, 0.1) is 5.03 Å². The lowest BCUT2D eigenvalue weighted by Crippen LogP contribution is -2.02. The second-order valence-electron chi connectivity index (χ2n) is 3.42. The first-order valence-electron chi connectivity index (χ1n) is 4.57. The van der Waals surface area contributed by atoms with Crippen molar-refractivity contribution in [2.75, 3.05) is 0 Å². The van der Waals surface area contributed by atoms with Crippen LogP contribution in [0.4, 0.5) is 0 Å². The number of benzene rings is 1. The first kappa shape index (κ1) is 11.0. The van der Waals surface area contributed by atoms with Gasteiger partial charge < -0.3 is 0 Å². The Morgan fingerprint density at radius 3 is 2.36 bits per heavy atom. The average molecular weight is 209 g/mol. The van der Waals surface area contributed by atoms with Gasteiger partial charge in [-0.3, -0.25) is 4.79 Å². The molecule has 0 fully saturated rings. The van der Waals surface area contributed by atoms with Crippen LogP contribution < -0.4 is 0 Å². The van der Waals surface area contributed by atoms with E-state index in [2.05, 4.69) is 0 Å². The van der Waals surface area contributed by atoms with Crippen molar-refractivity contribution in [3.05, 3.63) is 42.0 Å². The first-order valence-corrected chi connectivity index (χ1v) is 4.95. The molecule has 2 heteroatoms. The Morgan fingerprint density at radius 1 is 1.29 bits per heavy atom. The Morgan fingerprint density at radius 2 is 1.86 bits per heavy atom. The highest BCUT2D eigenvalue weighted by Crippen LogP contribution is 2.18. The molecule has 1 rings (SSSR count). The summed E-state index contributed by atoms with van der Waals surface area (Å²) in [5.41, 5.74) is 0.878. The normalized spacial score (nSPS) is 11.9. The van der Waals surface area contributed by atoms with E-state index >= 15 is 0 Å². The summed E-state index contributed by atoms with van der Waals surface area (Å²) < 4.78 is 0. The highest BCUT2D eigenvalue weighted by molar-refractivity contribution is 6.50. The Labute approximate surface area is 89.4 Å². The number of hydrogen-bond acceptors (Lipinski definition) is 1. The standard InChI is InChI=1S/C12H13ClO/c1-9(2)12(14)8-11(13)10-6-4-3-5-7-10/h3-9H,1-2H3/b11-8+. The maximum Gasteiger partial charge on any atom is 0.159 e. The molecular weight excluding hydrogens is 196 g/mol. The van der Waals surface area contributed by atoms with Gasteiger partial charge in [-0.15, -0.1) is 0 Å². The molecule has 0 aliphatic rings. The SMILES string of the molecule is CC(C)C(=O)/C=C(/Cl)c1ccccc1. The predicted octanol–water partition coefficient (Wildman–Crippen LogP) is 3.49. The fourth-order valence-corrected chi connectivity index (χ4v) is 1.21. The van der Waals surface area contributed by atoms with Crippen LogP contribution in [0.2, 0.25) is 0 Å². The summed E-state index contributed by atoms with van der Waals surface area (Å²) in [7, 11) is 0. The van der Waals surface area contributed by atoms with Crippen LogP contribution in [-0.4, -0.2) is 5.78 Å². The molecule has 0 spiro atoms. The molecule has 1 aromatic carbocycles. The van der Waals surface area contributed by atoms with E-state index in [0.717, 1.165) is 5.56 Å². The zero-order valence-corrected chi connectivity index (χ0v) is 9.08. The van der Waals surface area contributed by atoms with E-state index in [1.165, 1.54) is 6.08 Å². The minimum Gasteiger partial charge on any atom is -0.295 e. The number of rotatable bonds is 3. The number of ketones is 1. The fourth-order valence-electron chi connectivity index (χ4n) is 0.972. The van der Waals surface area contributed by atoms with Crippen LogP contribution >= 0.6 is 11.6 Å². The Kier molecular flexibility index (Phi) is 3.90. The minimum absolute atomic E-state index is 0.00698. The van der Waals surface area contributed by atoms with Crippen LogP contribution in [0.25, 0.3) is 5.03 Å². The third-order valence-electron chi connectivity index (χ3n) is 1.89. The van der Waals surface area contributed by atoms with E-state index in [9.17, 15) is 4.79 Å². The predicted molar refractivity (Wildman–Crippen MR) is 60.1 cm³/mol. The van der Waals surface area contributed by atoms with Crippen molar-refractivity contribution in [1.29, 1.82) is 0 Å². The summed E-state index contributed by atoms with van der Waals surface area (Å²) in [5.74, 6) is 0.0475. The van der Waals surface area contributed by atoms with Crippen LogP contribution in [0.5, 0.6) is 0 Å². The van der Waals surface area contributed by atoms with Gasteiger partial charge in [0.25, 0.3) is 0 Å². The Hall–Kier alpha value is -1.08.